The molecule has 1 atom stereocenters. The maximum Gasteiger partial charge on any atom is 0.251 e. The van der Waals surface area contributed by atoms with Crippen molar-refractivity contribution in [2.45, 2.75) is 56.5 Å². The number of nitrogens with one attached hydrogen (secondary N) is 2. The molecule has 1 aromatic heterocycles. The predicted octanol–water partition coefficient (Wildman–Crippen LogP) is 3.80. The van der Waals surface area contributed by atoms with Gasteiger partial charge in [0.25, 0.3) is 5.91 Å². The van der Waals surface area contributed by atoms with E-state index in [4.69, 9.17) is 0 Å². The number of H-pyrrole nitrogens is 1. The van der Waals surface area contributed by atoms with Gasteiger partial charge in [0, 0.05) is 17.4 Å². The molecular weight excluding hydrogens is 308 g/mol. The highest BCUT2D eigenvalue weighted by Crippen LogP contribution is 2.18. The summed E-state index contributed by atoms with van der Waals surface area (Å²) in [5.74, 6) is 0.799. The van der Waals surface area contributed by atoms with Gasteiger partial charge in [0.15, 0.2) is 5.16 Å². The second-order valence-electron chi connectivity index (χ2n) is 5.65. The fourth-order valence-corrected chi connectivity index (χ4v) is 2.98. The molecule has 0 saturated carbocycles. The molecule has 0 spiro atoms. The summed E-state index contributed by atoms with van der Waals surface area (Å²) in [6, 6.07) is 7.95. The Morgan fingerprint density at radius 3 is 2.74 bits per heavy atom. The molecule has 5 nitrogen and oxygen atoms in total. The van der Waals surface area contributed by atoms with E-state index in [1.165, 1.54) is 19.2 Å². The maximum absolute atomic E-state index is 12.2. The number of unbranched alkanes of at least 4 members (excludes halogenated alkanes) is 2. The molecule has 1 aromatic carbocycles. The lowest BCUT2D eigenvalue weighted by atomic mass is 10.1. The van der Waals surface area contributed by atoms with Gasteiger partial charge in [-0.25, -0.2) is 4.98 Å². The number of rotatable bonds is 9. The van der Waals surface area contributed by atoms with Crippen LogP contribution < -0.4 is 5.32 Å². The van der Waals surface area contributed by atoms with Gasteiger partial charge in [-0.3, -0.25) is 9.89 Å². The topological polar surface area (TPSA) is 70.7 Å². The normalized spacial score (nSPS) is 12.1. The second-order valence-corrected chi connectivity index (χ2v) is 6.61. The van der Waals surface area contributed by atoms with Crippen LogP contribution >= 0.6 is 11.8 Å². The van der Waals surface area contributed by atoms with Crippen LogP contribution in [0.1, 0.15) is 55.5 Å². The minimum absolute atomic E-state index is 0.00318. The van der Waals surface area contributed by atoms with Crippen molar-refractivity contribution >= 4 is 17.7 Å². The van der Waals surface area contributed by atoms with Crippen LogP contribution in [0.25, 0.3) is 0 Å². The zero-order valence-corrected chi connectivity index (χ0v) is 14.5. The van der Waals surface area contributed by atoms with E-state index in [2.05, 4.69) is 34.3 Å². The zero-order chi connectivity index (χ0) is 16.5. The number of benzene rings is 1. The number of thioether (sulfide) groups is 1. The summed E-state index contributed by atoms with van der Waals surface area (Å²) in [7, 11) is 0. The number of hydrogen-bond acceptors (Lipinski definition) is 4. The van der Waals surface area contributed by atoms with E-state index in [1.807, 2.05) is 24.3 Å². The number of aromatic nitrogens is 3. The van der Waals surface area contributed by atoms with E-state index in [-0.39, 0.29) is 11.9 Å². The minimum atomic E-state index is 0.00318. The van der Waals surface area contributed by atoms with Crippen LogP contribution in [0.15, 0.2) is 35.7 Å². The van der Waals surface area contributed by atoms with E-state index in [0.717, 1.165) is 29.3 Å². The summed E-state index contributed by atoms with van der Waals surface area (Å²) in [5, 5.41) is 10.5. The summed E-state index contributed by atoms with van der Waals surface area (Å²) in [6.07, 6.45) is 6.12. The van der Waals surface area contributed by atoms with Crippen molar-refractivity contribution in [3.8, 4) is 0 Å². The van der Waals surface area contributed by atoms with Gasteiger partial charge in [-0.1, -0.05) is 50.1 Å². The molecule has 0 aliphatic heterocycles. The highest BCUT2D eigenvalue weighted by Gasteiger charge is 2.09. The molecule has 0 aliphatic rings. The molecule has 1 amide bonds. The Morgan fingerprint density at radius 1 is 1.30 bits per heavy atom. The van der Waals surface area contributed by atoms with Crippen LogP contribution in [0.5, 0.6) is 0 Å². The molecule has 2 N–H and O–H groups in total. The van der Waals surface area contributed by atoms with Crippen molar-refractivity contribution in [2.75, 3.05) is 0 Å². The molecule has 23 heavy (non-hydrogen) atoms. The van der Waals surface area contributed by atoms with Crippen LogP contribution in [0.2, 0.25) is 0 Å². The summed E-state index contributed by atoms with van der Waals surface area (Å²) in [5.41, 5.74) is 1.86. The molecule has 0 fully saturated rings. The van der Waals surface area contributed by atoms with Crippen molar-refractivity contribution in [3.63, 3.8) is 0 Å². The number of carbonyl (C=O) groups excluding carboxylic acids is 1. The van der Waals surface area contributed by atoms with Gasteiger partial charge >= 0.3 is 0 Å². The zero-order valence-electron chi connectivity index (χ0n) is 13.7. The van der Waals surface area contributed by atoms with Gasteiger partial charge in [0.05, 0.1) is 0 Å². The number of aromatic amines is 1. The molecule has 6 heteroatoms. The number of hydrogen-bond donors (Lipinski definition) is 2. The fourth-order valence-electron chi connectivity index (χ4n) is 2.25. The Balaban J connectivity index is 1.80. The summed E-state index contributed by atoms with van der Waals surface area (Å²) in [4.78, 5) is 16.3. The summed E-state index contributed by atoms with van der Waals surface area (Å²) in [6.45, 7) is 4.25. The van der Waals surface area contributed by atoms with Gasteiger partial charge in [0.1, 0.15) is 6.33 Å². The van der Waals surface area contributed by atoms with Crippen molar-refractivity contribution in [1.29, 1.82) is 0 Å². The van der Waals surface area contributed by atoms with E-state index in [0.29, 0.717) is 5.56 Å². The number of amides is 1. The number of nitrogens with zero attached hydrogens (tertiary/aromatic N) is 2. The highest BCUT2D eigenvalue weighted by molar-refractivity contribution is 7.98. The van der Waals surface area contributed by atoms with Gasteiger partial charge < -0.3 is 5.32 Å². The van der Waals surface area contributed by atoms with Crippen LogP contribution in [0, 0.1) is 0 Å². The molecule has 1 unspecified atom stereocenters. The number of carbonyl (C=O) groups is 1. The lowest BCUT2D eigenvalue weighted by molar-refractivity contribution is 0.0938. The largest absolute Gasteiger partial charge is 0.350 e. The van der Waals surface area contributed by atoms with Gasteiger partial charge in [0.2, 0.25) is 0 Å². The molecule has 2 aromatic rings. The van der Waals surface area contributed by atoms with E-state index < -0.39 is 0 Å². The molecule has 0 saturated heterocycles. The molecular formula is C17H24N4OS. The first-order valence-corrected chi connectivity index (χ1v) is 9.05. The van der Waals surface area contributed by atoms with E-state index in [1.54, 1.807) is 11.8 Å². The Kier molecular flexibility index (Phi) is 7.13. The van der Waals surface area contributed by atoms with Crippen molar-refractivity contribution in [2.24, 2.45) is 0 Å². The SMILES string of the molecule is CCCCCC(C)NC(=O)c1ccc(CSc2ncn[nH]2)cc1. The lowest BCUT2D eigenvalue weighted by Crippen LogP contribution is -2.32. The van der Waals surface area contributed by atoms with E-state index in [9.17, 15) is 4.79 Å². The lowest BCUT2D eigenvalue weighted by Gasteiger charge is -2.13. The fraction of sp³-hybridized carbons (Fsp3) is 0.471. The van der Waals surface area contributed by atoms with Crippen LogP contribution in [0.3, 0.4) is 0 Å². The molecule has 0 bridgehead atoms. The monoisotopic (exact) mass is 332 g/mol. The molecule has 0 aliphatic carbocycles. The smallest absolute Gasteiger partial charge is 0.251 e. The summed E-state index contributed by atoms with van der Waals surface area (Å²) >= 11 is 1.59. The predicted molar refractivity (Wildman–Crippen MR) is 93.5 cm³/mol. The molecule has 124 valence electrons. The first-order valence-electron chi connectivity index (χ1n) is 8.07. The average molecular weight is 332 g/mol. The standard InChI is InChI=1S/C17H24N4OS/c1-3-4-5-6-13(2)20-16(22)15-9-7-14(8-10-15)11-23-17-18-12-19-21-17/h7-10,12-13H,3-6,11H2,1-2H3,(H,20,22)(H,18,19,21). The first kappa shape index (κ1) is 17.5. The van der Waals surface area contributed by atoms with E-state index >= 15 is 0 Å². The Bertz CT molecular complexity index is 583. The van der Waals surface area contributed by atoms with Crippen LogP contribution in [0.4, 0.5) is 0 Å². The van der Waals surface area contributed by atoms with Crippen molar-refractivity contribution < 1.29 is 4.79 Å². The highest BCUT2D eigenvalue weighted by atomic mass is 32.2. The van der Waals surface area contributed by atoms with Crippen LogP contribution in [-0.2, 0) is 5.75 Å². The third-order valence-corrected chi connectivity index (χ3v) is 4.55. The van der Waals surface area contributed by atoms with Gasteiger partial charge in [-0.15, -0.1) is 0 Å². The Labute approximate surface area is 141 Å². The third-order valence-electron chi connectivity index (χ3n) is 3.60. The molecule has 1 heterocycles. The van der Waals surface area contributed by atoms with Gasteiger partial charge in [-0.05, 0) is 31.0 Å². The van der Waals surface area contributed by atoms with Crippen molar-refractivity contribution in [1.82, 2.24) is 20.5 Å². The first-order chi connectivity index (χ1) is 11.2. The minimum Gasteiger partial charge on any atom is -0.350 e. The van der Waals surface area contributed by atoms with Crippen molar-refractivity contribution in [3.05, 3.63) is 41.7 Å². The maximum atomic E-state index is 12.2. The molecule has 2 rings (SSSR count). The van der Waals surface area contributed by atoms with Gasteiger partial charge in [-0.2, -0.15) is 5.10 Å². The quantitative estimate of drug-likeness (QED) is 0.541. The summed E-state index contributed by atoms with van der Waals surface area (Å²) < 4.78 is 0. The Morgan fingerprint density at radius 2 is 2.09 bits per heavy atom. The second kappa shape index (κ2) is 9.35. The molecule has 0 radical (unpaired) electrons. The van der Waals surface area contributed by atoms with Crippen LogP contribution in [-0.4, -0.2) is 27.1 Å². The average Bonchev–Trinajstić information content (AvgIpc) is 3.07. The third kappa shape index (κ3) is 6.06. The Hall–Kier alpha value is -1.82.